The van der Waals surface area contributed by atoms with Crippen LogP contribution in [-0.2, 0) is 32.2 Å². The second-order valence-electron chi connectivity index (χ2n) is 7.86. The summed E-state index contributed by atoms with van der Waals surface area (Å²) in [6.45, 7) is 9.55. The number of phosphoric ester groups is 1. The Kier molecular flexibility index (Phi) is 36.2. The zero-order valence-corrected chi connectivity index (χ0v) is 24.9. The number of aliphatic hydroxyl groups excluding tert-OH is 2. The summed E-state index contributed by atoms with van der Waals surface area (Å²) in [7, 11) is -9.67. The second-order valence-corrected chi connectivity index (χ2v) is 10.7. The Hall–Kier alpha value is 0.0600. The molecular weight excluding hydrogens is 530 g/mol. The molecule has 0 saturated carbocycles. The molecule has 0 radical (unpaired) electrons. The molecule has 37 heavy (non-hydrogen) atoms. The van der Waals surface area contributed by atoms with Gasteiger partial charge in [0.05, 0.1) is 46.2 Å². The largest absolute Gasteiger partial charge is 0.481 e. The minimum Gasteiger partial charge on any atom is -0.394 e. The van der Waals surface area contributed by atoms with E-state index >= 15 is 0 Å². The topological polar surface area (TPSA) is 181 Å². The molecule has 0 aliphatic carbocycles. The van der Waals surface area contributed by atoms with Gasteiger partial charge in [-0.2, -0.15) is 4.31 Å². The molecule has 0 spiro atoms. The highest BCUT2D eigenvalue weighted by Crippen LogP contribution is 2.57. The first-order chi connectivity index (χ1) is 17.6. The van der Waals surface area contributed by atoms with Crippen LogP contribution >= 0.6 is 15.6 Å². The highest BCUT2D eigenvalue weighted by Gasteiger charge is 2.31. The molecule has 0 heterocycles. The number of hydrogen-bond donors (Lipinski definition) is 5. The molecule has 0 aromatic rings. The second kappa shape index (κ2) is 32.3. The van der Waals surface area contributed by atoms with Crippen molar-refractivity contribution < 1.29 is 57.1 Å². The highest BCUT2D eigenvalue weighted by atomic mass is 31.3. The standard InChI is InChI=1S/C13H30O7P2.C6H14O4.C4H10O/c1-2-3-4-5-6-7-8-9-10-11-12-13-19-22(17,18)20-21(14,15)16;7-1-3-9-5-6-10-4-2-8;1-3-5-4-2/h2-13H2,1H3,(H,17,18)(H2,14,15,16);7-8H,1-6H2;3-4H2,1-2H3. The van der Waals surface area contributed by atoms with E-state index in [0.29, 0.717) is 32.8 Å². The monoisotopic (exact) mass is 584 g/mol. The Bertz CT molecular complexity index is 510. The lowest BCUT2D eigenvalue weighted by Gasteiger charge is -2.12. The van der Waals surface area contributed by atoms with Crippen molar-refractivity contribution in [2.75, 3.05) is 59.5 Å². The molecule has 0 rings (SSSR count). The van der Waals surface area contributed by atoms with Gasteiger partial charge < -0.3 is 39.1 Å². The molecule has 1 unspecified atom stereocenters. The molecule has 228 valence electrons. The van der Waals surface area contributed by atoms with E-state index in [0.717, 1.165) is 32.5 Å². The summed E-state index contributed by atoms with van der Waals surface area (Å²) >= 11 is 0. The summed E-state index contributed by atoms with van der Waals surface area (Å²) in [6.07, 6.45) is 12.5. The SMILES string of the molecule is CCCCCCCCCCCCCOP(=O)(O)OP(=O)(O)O.CCOCC.OCCOCCOCCO. The van der Waals surface area contributed by atoms with Gasteiger partial charge in [-0.1, -0.05) is 71.1 Å². The van der Waals surface area contributed by atoms with Crippen molar-refractivity contribution in [3.05, 3.63) is 0 Å². The van der Waals surface area contributed by atoms with E-state index in [-0.39, 0.29) is 19.8 Å². The average molecular weight is 585 g/mol. The van der Waals surface area contributed by atoms with E-state index in [1.807, 2.05) is 13.8 Å². The first-order valence-corrected chi connectivity index (χ1v) is 16.3. The summed E-state index contributed by atoms with van der Waals surface area (Å²) in [5.74, 6) is 0. The molecule has 0 aliphatic heterocycles. The predicted octanol–water partition coefficient (Wildman–Crippen LogP) is 4.57. The Balaban J connectivity index is -0.000000632. The molecular formula is C23H54O12P2. The normalized spacial score (nSPS) is 12.8. The molecule has 0 fully saturated rings. The van der Waals surface area contributed by atoms with Crippen molar-refractivity contribution in [3.63, 3.8) is 0 Å². The number of phosphoric acid groups is 2. The van der Waals surface area contributed by atoms with Gasteiger partial charge in [0.2, 0.25) is 0 Å². The van der Waals surface area contributed by atoms with Crippen molar-refractivity contribution in [3.8, 4) is 0 Å². The van der Waals surface area contributed by atoms with Crippen LogP contribution in [0.1, 0.15) is 91.4 Å². The van der Waals surface area contributed by atoms with Crippen LogP contribution in [0.5, 0.6) is 0 Å². The molecule has 14 heteroatoms. The van der Waals surface area contributed by atoms with Gasteiger partial charge in [0.15, 0.2) is 0 Å². The van der Waals surface area contributed by atoms with E-state index in [1.54, 1.807) is 0 Å². The lowest BCUT2D eigenvalue weighted by atomic mass is 10.1. The van der Waals surface area contributed by atoms with Crippen LogP contribution in [0.3, 0.4) is 0 Å². The lowest BCUT2D eigenvalue weighted by molar-refractivity contribution is 0.0222. The van der Waals surface area contributed by atoms with E-state index in [9.17, 15) is 9.13 Å². The van der Waals surface area contributed by atoms with Gasteiger partial charge in [-0.05, 0) is 20.3 Å². The van der Waals surface area contributed by atoms with Gasteiger partial charge in [0.1, 0.15) is 0 Å². The smallest absolute Gasteiger partial charge is 0.394 e. The Morgan fingerprint density at radius 1 is 0.541 bits per heavy atom. The zero-order valence-electron chi connectivity index (χ0n) is 23.1. The summed E-state index contributed by atoms with van der Waals surface area (Å²) in [6, 6.07) is 0. The molecule has 1 atom stereocenters. The third-order valence-corrected chi connectivity index (χ3v) is 6.65. The van der Waals surface area contributed by atoms with Gasteiger partial charge in [-0.25, -0.2) is 9.13 Å². The minimum absolute atomic E-state index is 0.0417. The Morgan fingerprint density at radius 3 is 1.27 bits per heavy atom. The maximum absolute atomic E-state index is 11.1. The fourth-order valence-corrected chi connectivity index (χ4v) is 4.38. The summed E-state index contributed by atoms with van der Waals surface area (Å²) in [5, 5.41) is 16.5. The van der Waals surface area contributed by atoms with E-state index in [2.05, 4.69) is 15.8 Å². The minimum atomic E-state index is -5.01. The van der Waals surface area contributed by atoms with Crippen LogP contribution in [0.4, 0.5) is 0 Å². The molecule has 0 aromatic heterocycles. The third-order valence-electron chi connectivity index (χ3n) is 4.46. The van der Waals surface area contributed by atoms with Crippen molar-refractivity contribution in [1.29, 1.82) is 0 Å². The molecule has 0 saturated heterocycles. The molecule has 0 amide bonds. The number of ether oxygens (including phenoxy) is 3. The first-order valence-electron chi connectivity index (χ1n) is 13.3. The van der Waals surface area contributed by atoms with Crippen LogP contribution < -0.4 is 0 Å². The van der Waals surface area contributed by atoms with Crippen molar-refractivity contribution >= 4 is 15.6 Å². The van der Waals surface area contributed by atoms with Crippen LogP contribution in [0.2, 0.25) is 0 Å². The number of rotatable bonds is 24. The van der Waals surface area contributed by atoms with Crippen molar-refractivity contribution in [1.82, 2.24) is 0 Å². The molecule has 5 N–H and O–H groups in total. The number of aliphatic hydroxyl groups is 2. The molecule has 0 aromatic carbocycles. The zero-order chi connectivity index (χ0) is 28.7. The van der Waals surface area contributed by atoms with Gasteiger partial charge in [0.25, 0.3) is 0 Å². The van der Waals surface area contributed by atoms with Gasteiger partial charge >= 0.3 is 15.6 Å². The number of unbranched alkanes of at least 4 members (excludes halogenated alkanes) is 10. The summed E-state index contributed by atoms with van der Waals surface area (Å²) in [4.78, 5) is 25.9. The van der Waals surface area contributed by atoms with Crippen molar-refractivity contribution in [2.45, 2.75) is 91.4 Å². The van der Waals surface area contributed by atoms with Crippen LogP contribution in [0.25, 0.3) is 0 Å². The summed E-state index contributed by atoms with van der Waals surface area (Å²) in [5.41, 5.74) is 0. The molecule has 0 bridgehead atoms. The predicted molar refractivity (Wildman–Crippen MR) is 143 cm³/mol. The fraction of sp³-hybridized carbons (Fsp3) is 1.00. The van der Waals surface area contributed by atoms with E-state index in [4.69, 9.17) is 39.1 Å². The van der Waals surface area contributed by atoms with E-state index < -0.39 is 15.6 Å². The number of hydrogen-bond acceptors (Lipinski definition) is 9. The Labute approximate surface area is 223 Å². The van der Waals surface area contributed by atoms with Crippen molar-refractivity contribution in [2.24, 2.45) is 0 Å². The quantitative estimate of drug-likeness (QED) is 0.0788. The maximum atomic E-state index is 11.1. The van der Waals surface area contributed by atoms with Crippen LogP contribution in [0, 0.1) is 0 Å². The van der Waals surface area contributed by atoms with Crippen LogP contribution in [0.15, 0.2) is 0 Å². The summed E-state index contributed by atoms with van der Waals surface area (Å²) < 4.78 is 44.3. The maximum Gasteiger partial charge on any atom is 0.481 e. The Morgan fingerprint density at radius 2 is 0.946 bits per heavy atom. The highest BCUT2D eigenvalue weighted by molar-refractivity contribution is 7.60. The van der Waals surface area contributed by atoms with E-state index in [1.165, 1.54) is 44.9 Å². The third kappa shape index (κ3) is 46.3. The van der Waals surface area contributed by atoms with Crippen LogP contribution in [-0.4, -0.2) is 84.4 Å². The molecule has 0 aliphatic rings. The first kappa shape index (κ1) is 41.5. The van der Waals surface area contributed by atoms with Gasteiger partial charge in [-0.15, -0.1) is 0 Å². The fourth-order valence-electron chi connectivity index (χ4n) is 2.76. The van der Waals surface area contributed by atoms with Gasteiger partial charge in [-0.3, -0.25) is 4.52 Å². The van der Waals surface area contributed by atoms with Gasteiger partial charge in [0, 0.05) is 13.2 Å². The average Bonchev–Trinajstić information content (AvgIpc) is 2.82. The lowest BCUT2D eigenvalue weighted by Crippen LogP contribution is -2.09. The molecule has 12 nitrogen and oxygen atoms in total.